The zero-order valence-corrected chi connectivity index (χ0v) is 16.1. The molecule has 1 aliphatic carbocycles. The highest BCUT2D eigenvalue weighted by Crippen LogP contribution is 2.27. The summed E-state index contributed by atoms with van der Waals surface area (Å²) in [6, 6.07) is 13.6. The molecule has 0 bridgehead atoms. The fourth-order valence-corrected chi connectivity index (χ4v) is 5.05. The molecule has 1 N–H and O–H groups in total. The van der Waals surface area contributed by atoms with Gasteiger partial charge in [-0.3, -0.25) is 9.69 Å². The van der Waals surface area contributed by atoms with Crippen molar-refractivity contribution in [1.29, 1.82) is 0 Å². The van der Waals surface area contributed by atoms with Crippen LogP contribution in [-0.4, -0.2) is 29.9 Å². The monoisotopic (exact) mass is 368 g/mol. The first-order valence-corrected chi connectivity index (χ1v) is 10.8. The van der Waals surface area contributed by atoms with Crippen LogP contribution in [0.4, 0.5) is 0 Å². The molecule has 2 fully saturated rings. The first kappa shape index (κ1) is 17.7. The van der Waals surface area contributed by atoms with Crippen LogP contribution in [-0.2, 0) is 11.3 Å². The summed E-state index contributed by atoms with van der Waals surface area (Å²) in [6.45, 7) is 2.92. The van der Waals surface area contributed by atoms with Gasteiger partial charge < -0.3 is 5.32 Å². The number of thiophene rings is 1. The summed E-state index contributed by atoms with van der Waals surface area (Å²) >= 11 is 1.78. The molecule has 1 saturated heterocycles. The molecule has 1 saturated carbocycles. The third-order valence-corrected chi connectivity index (χ3v) is 6.64. The Balaban J connectivity index is 1.36. The van der Waals surface area contributed by atoms with Gasteiger partial charge >= 0.3 is 0 Å². The van der Waals surface area contributed by atoms with Gasteiger partial charge in [0, 0.05) is 24.0 Å². The number of rotatable bonds is 5. The lowest BCUT2D eigenvalue weighted by molar-refractivity contribution is -0.127. The van der Waals surface area contributed by atoms with Crippen LogP contribution in [0.3, 0.4) is 0 Å². The number of nitrogens with zero attached hydrogens (tertiary/aromatic N) is 1. The fourth-order valence-electron chi connectivity index (χ4n) is 4.33. The van der Waals surface area contributed by atoms with E-state index in [1.807, 2.05) is 0 Å². The predicted octanol–water partition coefficient (Wildman–Crippen LogP) is 4.69. The summed E-state index contributed by atoms with van der Waals surface area (Å²) in [4.78, 5) is 16.4. The topological polar surface area (TPSA) is 32.3 Å². The SMILES string of the molecule is O=C(NC1CCCC1)C1CCCN(Cc2cccc(-c3cccs3)c2)C1. The predicted molar refractivity (Wildman–Crippen MR) is 108 cm³/mol. The minimum absolute atomic E-state index is 0.157. The number of amides is 1. The molecule has 1 atom stereocenters. The first-order chi connectivity index (χ1) is 12.8. The second-order valence-electron chi connectivity index (χ2n) is 7.74. The van der Waals surface area contributed by atoms with Crippen LogP contribution in [0.15, 0.2) is 41.8 Å². The van der Waals surface area contributed by atoms with Gasteiger partial charge in [-0.05, 0) is 60.9 Å². The van der Waals surface area contributed by atoms with Gasteiger partial charge in [-0.25, -0.2) is 0 Å². The van der Waals surface area contributed by atoms with Crippen molar-refractivity contribution in [2.45, 2.75) is 51.1 Å². The molecule has 2 heterocycles. The standard InChI is InChI=1S/C22H28N2OS/c25-22(23-20-9-1-2-10-20)19-8-4-12-24(16-19)15-17-6-3-7-18(14-17)21-11-5-13-26-21/h3,5-7,11,13-14,19-20H,1-2,4,8-10,12,15-16H2,(H,23,25). The van der Waals surface area contributed by atoms with E-state index < -0.39 is 0 Å². The van der Waals surface area contributed by atoms with E-state index in [0.29, 0.717) is 6.04 Å². The molecule has 1 aromatic carbocycles. The van der Waals surface area contributed by atoms with Crippen molar-refractivity contribution in [1.82, 2.24) is 10.2 Å². The molecule has 0 spiro atoms. The Morgan fingerprint density at radius 3 is 2.81 bits per heavy atom. The maximum absolute atomic E-state index is 12.6. The van der Waals surface area contributed by atoms with Gasteiger partial charge in [-0.1, -0.05) is 37.1 Å². The number of carbonyl (C=O) groups excluding carboxylic acids is 1. The van der Waals surface area contributed by atoms with Crippen LogP contribution in [0.1, 0.15) is 44.1 Å². The molecule has 2 aliphatic rings. The molecule has 2 aromatic rings. The van der Waals surface area contributed by atoms with Gasteiger partial charge in [0.2, 0.25) is 5.91 Å². The molecule has 4 heteroatoms. The molecule has 138 valence electrons. The van der Waals surface area contributed by atoms with E-state index in [-0.39, 0.29) is 11.8 Å². The van der Waals surface area contributed by atoms with Gasteiger partial charge in [0.25, 0.3) is 0 Å². The highest BCUT2D eigenvalue weighted by atomic mass is 32.1. The maximum Gasteiger partial charge on any atom is 0.224 e. The van der Waals surface area contributed by atoms with Crippen molar-refractivity contribution < 1.29 is 4.79 Å². The number of nitrogens with one attached hydrogen (secondary N) is 1. The molecule has 1 unspecified atom stereocenters. The van der Waals surface area contributed by atoms with Crippen LogP contribution < -0.4 is 5.32 Å². The summed E-state index contributed by atoms with van der Waals surface area (Å²) in [6.07, 6.45) is 7.01. The van der Waals surface area contributed by atoms with E-state index in [2.05, 4.69) is 52.0 Å². The summed E-state index contributed by atoms with van der Waals surface area (Å²) in [5.74, 6) is 0.443. The number of likely N-dealkylation sites (tertiary alicyclic amines) is 1. The smallest absolute Gasteiger partial charge is 0.224 e. The molecule has 1 amide bonds. The second kappa shape index (κ2) is 8.36. The molecule has 1 aliphatic heterocycles. The van der Waals surface area contributed by atoms with E-state index >= 15 is 0 Å². The van der Waals surface area contributed by atoms with Crippen molar-refractivity contribution in [3.05, 3.63) is 47.3 Å². The summed E-state index contributed by atoms with van der Waals surface area (Å²) in [5, 5.41) is 5.42. The Kier molecular flexibility index (Phi) is 5.71. The number of carbonyl (C=O) groups is 1. The third-order valence-electron chi connectivity index (χ3n) is 5.72. The Hall–Kier alpha value is -1.65. The van der Waals surface area contributed by atoms with E-state index in [1.165, 1.54) is 28.8 Å². The van der Waals surface area contributed by atoms with Crippen molar-refractivity contribution in [2.24, 2.45) is 5.92 Å². The molecule has 3 nitrogen and oxygen atoms in total. The summed E-state index contributed by atoms with van der Waals surface area (Å²) in [5.41, 5.74) is 2.64. The first-order valence-electron chi connectivity index (χ1n) is 9.93. The minimum atomic E-state index is 0.157. The summed E-state index contributed by atoms with van der Waals surface area (Å²) in [7, 11) is 0. The number of piperidine rings is 1. The van der Waals surface area contributed by atoms with Crippen molar-refractivity contribution in [3.63, 3.8) is 0 Å². The molecule has 0 radical (unpaired) electrons. The van der Waals surface area contributed by atoms with Gasteiger partial charge in [0.1, 0.15) is 0 Å². The van der Waals surface area contributed by atoms with Crippen LogP contribution in [0, 0.1) is 5.92 Å². The third kappa shape index (κ3) is 4.36. The zero-order chi connectivity index (χ0) is 17.8. The Morgan fingerprint density at radius 2 is 2.00 bits per heavy atom. The lowest BCUT2D eigenvalue weighted by Crippen LogP contribution is -2.45. The second-order valence-corrected chi connectivity index (χ2v) is 8.69. The average Bonchev–Trinajstić information content (AvgIpc) is 3.36. The van der Waals surface area contributed by atoms with Crippen molar-refractivity contribution in [3.8, 4) is 10.4 Å². The zero-order valence-electron chi connectivity index (χ0n) is 15.3. The maximum atomic E-state index is 12.6. The fraction of sp³-hybridized carbons (Fsp3) is 0.500. The molecular weight excluding hydrogens is 340 g/mol. The lowest BCUT2D eigenvalue weighted by atomic mass is 9.96. The average molecular weight is 369 g/mol. The van der Waals surface area contributed by atoms with Crippen LogP contribution in [0.5, 0.6) is 0 Å². The normalized spacial score (nSPS) is 21.8. The van der Waals surface area contributed by atoms with Crippen LogP contribution >= 0.6 is 11.3 Å². The highest BCUT2D eigenvalue weighted by Gasteiger charge is 2.28. The van der Waals surface area contributed by atoms with E-state index in [9.17, 15) is 4.79 Å². The van der Waals surface area contributed by atoms with Gasteiger partial charge in [-0.15, -0.1) is 11.3 Å². The summed E-state index contributed by atoms with van der Waals surface area (Å²) < 4.78 is 0. The number of benzene rings is 1. The van der Waals surface area contributed by atoms with Crippen LogP contribution in [0.25, 0.3) is 10.4 Å². The number of hydrogen-bond donors (Lipinski definition) is 1. The Bertz CT molecular complexity index is 722. The van der Waals surface area contributed by atoms with E-state index in [1.54, 1.807) is 11.3 Å². The quantitative estimate of drug-likeness (QED) is 0.831. The minimum Gasteiger partial charge on any atom is -0.353 e. The molecule has 1 aromatic heterocycles. The van der Waals surface area contributed by atoms with Gasteiger partial charge in [-0.2, -0.15) is 0 Å². The Morgan fingerprint density at radius 1 is 1.12 bits per heavy atom. The highest BCUT2D eigenvalue weighted by molar-refractivity contribution is 7.13. The van der Waals surface area contributed by atoms with Gasteiger partial charge in [0.15, 0.2) is 0 Å². The van der Waals surface area contributed by atoms with E-state index in [4.69, 9.17) is 0 Å². The molecule has 4 rings (SSSR count). The molecular formula is C22H28N2OS. The van der Waals surface area contributed by atoms with Crippen molar-refractivity contribution >= 4 is 17.2 Å². The van der Waals surface area contributed by atoms with E-state index in [0.717, 1.165) is 45.3 Å². The molecule has 26 heavy (non-hydrogen) atoms. The largest absolute Gasteiger partial charge is 0.353 e. The lowest BCUT2D eigenvalue weighted by Gasteiger charge is -2.32. The van der Waals surface area contributed by atoms with Crippen LogP contribution in [0.2, 0.25) is 0 Å². The Labute approximate surface area is 160 Å². The van der Waals surface area contributed by atoms with Crippen molar-refractivity contribution in [2.75, 3.05) is 13.1 Å². The number of hydrogen-bond acceptors (Lipinski definition) is 3. The van der Waals surface area contributed by atoms with Gasteiger partial charge in [0.05, 0.1) is 5.92 Å².